The minimum atomic E-state index is -0.599. The third-order valence-electron chi connectivity index (χ3n) is 7.14. The zero-order valence-corrected chi connectivity index (χ0v) is 25.5. The predicted molar refractivity (Wildman–Crippen MR) is 162 cm³/mol. The molecule has 0 saturated heterocycles. The van der Waals surface area contributed by atoms with Gasteiger partial charge in [-0.1, -0.05) is 23.7 Å². The number of carbonyl (C=O) groups excluding carboxylic acids is 3. The summed E-state index contributed by atoms with van der Waals surface area (Å²) in [5.74, 6) is -0.283. The maximum Gasteiger partial charge on any atom is 0.338 e. The quantitative estimate of drug-likeness (QED) is 0.281. The van der Waals surface area contributed by atoms with Gasteiger partial charge in [-0.25, -0.2) is 4.79 Å². The van der Waals surface area contributed by atoms with Crippen LogP contribution in [0.1, 0.15) is 89.0 Å². The number of halogens is 2. The Hall–Kier alpha value is -3.16. The first-order valence-corrected chi connectivity index (χ1v) is 14.6. The lowest BCUT2D eigenvalue weighted by Crippen LogP contribution is -2.39. The second-order valence-electron chi connectivity index (χ2n) is 11.2. The van der Waals surface area contributed by atoms with Gasteiger partial charge < -0.3 is 15.0 Å². The van der Waals surface area contributed by atoms with Gasteiger partial charge in [-0.3, -0.25) is 9.59 Å². The molecule has 4 rings (SSSR count). The highest BCUT2D eigenvalue weighted by Gasteiger charge is 2.28. The Morgan fingerprint density at radius 2 is 1.50 bits per heavy atom. The SMILES string of the molecule is CN(C(=O)c1ccc(Cl)cc1)C1CCC(c2ccc(NC(=O)c3ccc(C(=O)OC(C)(C)C)cc3Br)cc2)CC1. The Morgan fingerprint density at radius 3 is 2.08 bits per heavy atom. The van der Waals surface area contributed by atoms with Crippen LogP contribution in [0.25, 0.3) is 0 Å². The maximum atomic E-state index is 12.9. The van der Waals surface area contributed by atoms with Gasteiger partial charge in [0, 0.05) is 33.8 Å². The van der Waals surface area contributed by atoms with Crippen molar-refractivity contribution in [3.05, 3.63) is 98.5 Å². The monoisotopic (exact) mass is 624 g/mol. The van der Waals surface area contributed by atoms with E-state index >= 15 is 0 Å². The molecule has 0 unspecified atom stereocenters. The number of carbonyl (C=O) groups is 3. The number of ether oxygens (including phenoxy) is 1. The molecule has 1 N–H and O–H groups in total. The molecule has 40 heavy (non-hydrogen) atoms. The molecule has 6 nitrogen and oxygen atoms in total. The van der Waals surface area contributed by atoms with Crippen molar-refractivity contribution in [1.29, 1.82) is 0 Å². The summed E-state index contributed by atoms with van der Waals surface area (Å²) in [6.45, 7) is 5.43. The van der Waals surface area contributed by atoms with E-state index < -0.39 is 11.6 Å². The number of hydrogen-bond acceptors (Lipinski definition) is 4. The molecule has 0 atom stereocenters. The van der Waals surface area contributed by atoms with Crippen molar-refractivity contribution < 1.29 is 19.1 Å². The molecule has 2 amide bonds. The molecule has 1 aliphatic rings. The van der Waals surface area contributed by atoms with Crippen LogP contribution in [0.3, 0.4) is 0 Å². The van der Waals surface area contributed by atoms with Crippen molar-refractivity contribution in [1.82, 2.24) is 4.90 Å². The largest absolute Gasteiger partial charge is 0.456 e. The highest BCUT2D eigenvalue weighted by atomic mass is 79.9. The molecule has 0 bridgehead atoms. The smallest absolute Gasteiger partial charge is 0.338 e. The van der Waals surface area contributed by atoms with Crippen molar-refractivity contribution in [2.75, 3.05) is 12.4 Å². The summed E-state index contributed by atoms with van der Waals surface area (Å²) < 4.78 is 5.92. The van der Waals surface area contributed by atoms with Gasteiger partial charge in [-0.15, -0.1) is 0 Å². The van der Waals surface area contributed by atoms with E-state index in [1.807, 2.05) is 44.9 Å². The van der Waals surface area contributed by atoms with Crippen molar-refractivity contribution in [2.24, 2.45) is 0 Å². The fourth-order valence-corrected chi connectivity index (χ4v) is 5.64. The van der Waals surface area contributed by atoms with Crippen LogP contribution in [-0.4, -0.2) is 41.4 Å². The van der Waals surface area contributed by atoms with E-state index in [9.17, 15) is 14.4 Å². The molecule has 1 aliphatic carbocycles. The second kappa shape index (κ2) is 12.6. The third-order valence-corrected chi connectivity index (χ3v) is 8.05. The molecule has 1 saturated carbocycles. The summed E-state index contributed by atoms with van der Waals surface area (Å²) in [6, 6.07) is 20.0. The Morgan fingerprint density at radius 1 is 0.900 bits per heavy atom. The van der Waals surface area contributed by atoms with Crippen LogP contribution in [0.2, 0.25) is 5.02 Å². The summed E-state index contributed by atoms with van der Waals surface area (Å²) in [5.41, 5.74) is 2.77. The molecular weight excluding hydrogens is 592 g/mol. The molecule has 0 aromatic heterocycles. The standard InChI is InChI=1S/C32H34BrClN2O4/c1-32(2,3)40-31(39)23-11-18-27(28(33)19-23)29(37)35-25-14-7-20(8-15-25)21-9-16-26(17-10-21)36(4)30(38)22-5-12-24(34)13-6-22/h5-8,11-15,18-19,21,26H,9-10,16-17H2,1-4H3,(H,35,37). The van der Waals surface area contributed by atoms with E-state index in [0.29, 0.717) is 37.8 Å². The molecule has 0 heterocycles. The minimum absolute atomic E-state index is 0.0197. The van der Waals surface area contributed by atoms with E-state index in [1.165, 1.54) is 5.56 Å². The minimum Gasteiger partial charge on any atom is -0.456 e. The predicted octanol–water partition coefficient (Wildman–Crippen LogP) is 8.11. The number of hydrogen-bond donors (Lipinski definition) is 1. The third kappa shape index (κ3) is 7.52. The molecule has 8 heteroatoms. The summed E-state index contributed by atoms with van der Waals surface area (Å²) >= 11 is 9.37. The topological polar surface area (TPSA) is 75.7 Å². The number of nitrogens with one attached hydrogen (secondary N) is 1. The van der Waals surface area contributed by atoms with E-state index in [-0.39, 0.29) is 17.9 Å². The first-order chi connectivity index (χ1) is 18.9. The van der Waals surface area contributed by atoms with Gasteiger partial charge in [0.05, 0.1) is 11.1 Å². The van der Waals surface area contributed by atoms with Crippen LogP contribution in [-0.2, 0) is 4.74 Å². The molecule has 1 fully saturated rings. The van der Waals surface area contributed by atoms with Gasteiger partial charge in [0.15, 0.2) is 0 Å². The van der Waals surface area contributed by atoms with Gasteiger partial charge in [0.2, 0.25) is 0 Å². The Balaban J connectivity index is 1.31. The van der Waals surface area contributed by atoms with Crippen LogP contribution < -0.4 is 5.32 Å². The van der Waals surface area contributed by atoms with Gasteiger partial charge in [-0.05, 0) is 128 Å². The molecule has 3 aromatic carbocycles. The average Bonchev–Trinajstić information content (AvgIpc) is 2.92. The normalized spacial score (nSPS) is 17.1. The van der Waals surface area contributed by atoms with Gasteiger partial charge in [-0.2, -0.15) is 0 Å². The average molecular weight is 626 g/mol. The summed E-state index contributed by atoms with van der Waals surface area (Å²) in [4.78, 5) is 40.0. The van der Waals surface area contributed by atoms with Crippen molar-refractivity contribution in [2.45, 2.75) is 64.0 Å². The van der Waals surface area contributed by atoms with E-state index in [4.69, 9.17) is 16.3 Å². The highest BCUT2D eigenvalue weighted by Crippen LogP contribution is 2.35. The van der Waals surface area contributed by atoms with Crippen molar-refractivity contribution in [3.63, 3.8) is 0 Å². The fraction of sp³-hybridized carbons (Fsp3) is 0.344. The lowest BCUT2D eigenvalue weighted by atomic mass is 9.81. The van der Waals surface area contributed by atoms with Gasteiger partial charge >= 0.3 is 5.97 Å². The van der Waals surface area contributed by atoms with Gasteiger partial charge in [0.1, 0.15) is 5.60 Å². The number of rotatable bonds is 6. The number of anilines is 1. The number of benzene rings is 3. The summed E-state index contributed by atoms with van der Waals surface area (Å²) in [5, 5.41) is 3.55. The zero-order chi connectivity index (χ0) is 29.0. The first-order valence-electron chi connectivity index (χ1n) is 13.4. The van der Waals surface area contributed by atoms with Crippen LogP contribution in [0.15, 0.2) is 71.2 Å². The van der Waals surface area contributed by atoms with Crippen LogP contribution in [0, 0.1) is 0 Å². The Kier molecular flexibility index (Phi) is 9.37. The van der Waals surface area contributed by atoms with Gasteiger partial charge in [0.25, 0.3) is 11.8 Å². The lowest BCUT2D eigenvalue weighted by molar-refractivity contribution is 0.00691. The Bertz CT molecular complexity index is 1380. The van der Waals surface area contributed by atoms with E-state index in [0.717, 1.165) is 25.7 Å². The van der Waals surface area contributed by atoms with E-state index in [2.05, 4.69) is 33.4 Å². The number of nitrogens with zero attached hydrogens (tertiary/aromatic N) is 1. The number of esters is 1. The van der Waals surface area contributed by atoms with E-state index in [1.54, 1.807) is 42.5 Å². The lowest BCUT2D eigenvalue weighted by Gasteiger charge is -2.35. The summed E-state index contributed by atoms with van der Waals surface area (Å²) in [7, 11) is 1.88. The Labute approximate surface area is 249 Å². The molecule has 0 spiro atoms. The van der Waals surface area contributed by atoms with Crippen LogP contribution >= 0.6 is 27.5 Å². The summed E-state index contributed by atoms with van der Waals surface area (Å²) in [6.07, 6.45) is 3.86. The maximum absolute atomic E-state index is 12.9. The van der Waals surface area contributed by atoms with Crippen LogP contribution in [0.4, 0.5) is 5.69 Å². The molecule has 210 valence electrons. The molecule has 0 radical (unpaired) electrons. The number of amides is 2. The highest BCUT2D eigenvalue weighted by molar-refractivity contribution is 9.10. The molecule has 0 aliphatic heterocycles. The first kappa shape index (κ1) is 29.8. The van der Waals surface area contributed by atoms with Crippen molar-refractivity contribution >= 4 is 51.0 Å². The zero-order valence-electron chi connectivity index (χ0n) is 23.2. The second-order valence-corrected chi connectivity index (χ2v) is 12.5. The molecule has 3 aromatic rings. The van der Waals surface area contributed by atoms with Crippen molar-refractivity contribution in [3.8, 4) is 0 Å². The van der Waals surface area contributed by atoms with Crippen LogP contribution in [0.5, 0.6) is 0 Å². The molecular formula is C32H34BrClN2O4. The fourth-order valence-electron chi connectivity index (χ4n) is 4.96.